The second-order valence-electron chi connectivity index (χ2n) is 4.55. The Hall–Kier alpha value is -2.89. The predicted molar refractivity (Wildman–Crippen MR) is 79.3 cm³/mol. The first-order chi connectivity index (χ1) is 10.3. The van der Waals surface area contributed by atoms with E-state index in [0.717, 1.165) is 23.3 Å². The van der Waals surface area contributed by atoms with E-state index in [2.05, 4.69) is 10.3 Å². The van der Waals surface area contributed by atoms with E-state index >= 15 is 0 Å². The van der Waals surface area contributed by atoms with Crippen LogP contribution in [0.15, 0.2) is 53.3 Å². The van der Waals surface area contributed by atoms with Gasteiger partial charge in [-0.05, 0) is 18.2 Å². The molecule has 21 heavy (non-hydrogen) atoms. The Kier molecular flexibility index (Phi) is 3.51. The molecule has 6 heteroatoms. The summed E-state index contributed by atoms with van der Waals surface area (Å²) < 4.78 is 5.27. The zero-order valence-electron chi connectivity index (χ0n) is 11.2. The maximum absolute atomic E-state index is 11.0. The number of hydrogen-bond donors (Lipinski definition) is 1. The average Bonchev–Trinajstić information content (AvgIpc) is 3.00. The van der Waals surface area contributed by atoms with Crippen LogP contribution in [-0.4, -0.2) is 16.5 Å². The molecule has 0 bridgehead atoms. The Bertz CT molecular complexity index is 769. The number of nitro groups is 1. The summed E-state index contributed by atoms with van der Waals surface area (Å²) in [5.74, 6) is 0.895. The Morgan fingerprint density at radius 2 is 2.14 bits per heavy atom. The van der Waals surface area contributed by atoms with Crippen molar-refractivity contribution < 1.29 is 9.34 Å². The van der Waals surface area contributed by atoms with Gasteiger partial charge in [-0.2, -0.15) is 0 Å². The highest BCUT2D eigenvalue weighted by Crippen LogP contribution is 2.28. The van der Waals surface area contributed by atoms with E-state index in [1.165, 1.54) is 6.07 Å². The summed E-state index contributed by atoms with van der Waals surface area (Å²) in [6, 6.07) is 10.5. The van der Waals surface area contributed by atoms with Gasteiger partial charge in [0.05, 0.1) is 11.2 Å². The molecule has 0 aliphatic rings. The lowest BCUT2D eigenvalue weighted by Gasteiger charge is -2.08. The third-order valence-electron chi connectivity index (χ3n) is 3.21. The number of fused-ring (bicyclic) bond motifs is 1. The van der Waals surface area contributed by atoms with E-state index in [1.807, 2.05) is 24.3 Å². The van der Waals surface area contributed by atoms with E-state index in [0.29, 0.717) is 12.1 Å². The quantitative estimate of drug-likeness (QED) is 0.573. The molecule has 106 valence electrons. The number of non-ortho nitro benzene ring substituents is 1. The highest BCUT2D eigenvalue weighted by molar-refractivity contribution is 5.96. The van der Waals surface area contributed by atoms with Crippen LogP contribution in [-0.2, 0) is 6.42 Å². The lowest BCUT2D eigenvalue weighted by molar-refractivity contribution is -0.383. The zero-order chi connectivity index (χ0) is 14.7. The first-order valence-electron chi connectivity index (χ1n) is 6.54. The molecule has 0 aliphatic heterocycles. The molecule has 0 saturated carbocycles. The second-order valence-corrected chi connectivity index (χ2v) is 4.55. The molecule has 0 atom stereocenters. The molecule has 0 fully saturated rings. The summed E-state index contributed by atoms with van der Waals surface area (Å²) in [5.41, 5.74) is 1.24. The molecule has 0 spiro atoms. The van der Waals surface area contributed by atoms with Crippen LogP contribution in [0.25, 0.3) is 10.9 Å². The minimum absolute atomic E-state index is 0.0159. The number of nitro benzene ring substituents is 1. The number of rotatable bonds is 5. The molecule has 3 rings (SSSR count). The van der Waals surface area contributed by atoms with E-state index in [4.69, 9.17) is 4.42 Å². The van der Waals surface area contributed by atoms with Crippen molar-refractivity contribution >= 4 is 22.3 Å². The molecule has 2 heterocycles. The van der Waals surface area contributed by atoms with Crippen molar-refractivity contribution in [1.82, 2.24) is 4.98 Å². The molecular formula is C15H13N3O3. The Balaban J connectivity index is 1.85. The fourth-order valence-electron chi connectivity index (χ4n) is 2.24. The summed E-state index contributed by atoms with van der Waals surface area (Å²) in [4.78, 5) is 14.7. The lowest BCUT2D eigenvalue weighted by Crippen LogP contribution is -2.05. The van der Waals surface area contributed by atoms with Gasteiger partial charge in [0.1, 0.15) is 11.3 Å². The Labute approximate surface area is 120 Å². The van der Waals surface area contributed by atoms with Gasteiger partial charge < -0.3 is 9.73 Å². The van der Waals surface area contributed by atoms with Gasteiger partial charge >= 0.3 is 0 Å². The van der Waals surface area contributed by atoms with Gasteiger partial charge in [-0.1, -0.05) is 12.1 Å². The van der Waals surface area contributed by atoms with Crippen molar-refractivity contribution in [2.24, 2.45) is 0 Å². The number of nitrogens with one attached hydrogen (secondary N) is 1. The number of nitrogens with zero attached hydrogens (tertiary/aromatic N) is 2. The van der Waals surface area contributed by atoms with Crippen molar-refractivity contribution in [2.45, 2.75) is 6.42 Å². The minimum atomic E-state index is -0.415. The lowest BCUT2D eigenvalue weighted by atomic mass is 10.1. The average molecular weight is 283 g/mol. The summed E-state index contributed by atoms with van der Waals surface area (Å²) in [5, 5.41) is 15.0. The van der Waals surface area contributed by atoms with Crippen LogP contribution in [0, 0.1) is 10.1 Å². The van der Waals surface area contributed by atoms with E-state index in [-0.39, 0.29) is 5.69 Å². The van der Waals surface area contributed by atoms with Crippen LogP contribution in [0.5, 0.6) is 0 Å². The van der Waals surface area contributed by atoms with Crippen LogP contribution >= 0.6 is 0 Å². The van der Waals surface area contributed by atoms with Crippen molar-refractivity contribution in [3.05, 3.63) is 64.7 Å². The third kappa shape index (κ3) is 2.69. The smallest absolute Gasteiger partial charge is 0.295 e. The standard InChI is InChI=1S/C15H13N3O3/c19-18(20)14-5-1-4-12-13(7-9-17-15(12)14)16-8-6-11-3-2-10-21-11/h1-5,7,9-10H,6,8H2,(H,16,17). The normalized spacial score (nSPS) is 10.7. The van der Waals surface area contributed by atoms with Crippen LogP contribution in [0.2, 0.25) is 0 Å². The number of aromatic nitrogens is 1. The summed E-state index contributed by atoms with van der Waals surface area (Å²) >= 11 is 0. The van der Waals surface area contributed by atoms with Crippen LogP contribution in [0.1, 0.15) is 5.76 Å². The van der Waals surface area contributed by atoms with Crippen molar-refractivity contribution in [1.29, 1.82) is 0 Å². The van der Waals surface area contributed by atoms with Crippen molar-refractivity contribution in [3.8, 4) is 0 Å². The minimum Gasteiger partial charge on any atom is -0.469 e. The fourth-order valence-corrected chi connectivity index (χ4v) is 2.24. The Morgan fingerprint density at radius 3 is 2.90 bits per heavy atom. The van der Waals surface area contributed by atoms with E-state index < -0.39 is 4.92 Å². The van der Waals surface area contributed by atoms with E-state index in [1.54, 1.807) is 18.5 Å². The van der Waals surface area contributed by atoms with Crippen molar-refractivity contribution in [2.75, 3.05) is 11.9 Å². The predicted octanol–water partition coefficient (Wildman–Crippen LogP) is 3.39. The number of furan rings is 1. The Morgan fingerprint density at radius 1 is 1.24 bits per heavy atom. The first-order valence-corrected chi connectivity index (χ1v) is 6.54. The fraction of sp³-hybridized carbons (Fsp3) is 0.133. The van der Waals surface area contributed by atoms with Crippen LogP contribution in [0.4, 0.5) is 11.4 Å². The highest BCUT2D eigenvalue weighted by atomic mass is 16.6. The largest absolute Gasteiger partial charge is 0.469 e. The number of benzene rings is 1. The maximum atomic E-state index is 11.0. The summed E-state index contributed by atoms with van der Waals surface area (Å²) in [7, 11) is 0. The van der Waals surface area contributed by atoms with Gasteiger partial charge in [-0.25, -0.2) is 4.98 Å². The molecular weight excluding hydrogens is 270 g/mol. The molecule has 0 unspecified atom stereocenters. The maximum Gasteiger partial charge on any atom is 0.295 e. The SMILES string of the molecule is O=[N+]([O-])c1cccc2c(NCCc3ccco3)ccnc12. The molecule has 2 aromatic heterocycles. The van der Waals surface area contributed by atoms with Gasteiger partial charge in [-0.15, -0.1) is 0 Å². The van der Waals surface area contributed by atoms with Crippen LogP contribution < -0.4 is 5.32 Å². The summed E-state index contributed by atoms with van der Waals surface area (Å²) in [6.45, 7) is 0.676. The molecule has 0 aliphatic carbocycles. The van der Waals surface area contributed by atoms with Crippen LogP contribution in [0.3, 0.4) is 0 Å². The van der Waals surface area contributed by atoms with Gasteiger partial charge in [0.15, 0.2) is 0 Å². The number of hydrogen-bond acceptors (Lipinski definition) is 5. The first kappa shape index (κ1) is 13.1. The molecule has 0 radical (unpaired) electrons. The molecule has 6 nitrogen and oxygen atoms in total. The molecule has 0 saturated heterocycles. The molecule has 0 amide bonds. The number of anilines is 1. The highest BCUT2D eigenvalue weighted by Gasteiger charge is 2.14. The van der Waals surface area contributed by atoms with Gasteiger partial charge in [0, 0.05) is 36.3 Å². The molecule has 1 aromatic carbocycles. The second kappa shape index (κ2) is 5.62. The van der Waals surface area contributed by atoms with E-state index in [9.17, 15) is 10.1 Å². The molecule has 1 N–H and O–H groups in total. The van der Waals surface area contributed by atoms with Gasteiger partial charge in [-0.3, -0.25) is 10.1 Å². The molecule has 3 aromatic rings. The number of para-hydroxylation sites is 1. The topological polar surface area (TPSA) is 81.2 Å². The van der Waals surface area contributed by atoms with Gasteiger partial charge in [0.25, 0.3) is 5.69 Å². The zero-order valence-corrected chi connectivity index (χ0v) is 11.2. The monoisotopic (exact) mass is 283 g/mol. The van der Waals surface area contributed by atoms with Gasteiger partial charge in [0.2, 0.25) is 0 Å². The third-order valence-corrected chi connectivity index (χ3v) is 3.21. The summed E-state index contributed by atoms with van der Waals surface area (Å²) in [6.07, 6.45) is 3.96. The number of pyridine rings is 1. The van der Waals surface area contributed by atoms with Crippen molar-refractivity contribution in [3.63, 3.8) is 0 Å².